The second-order valence-corrected chi connectivity index (χ2v) is 4.36. The Bertz CT molecular complexity index is 481. The molecule has 0 aliphatic carbocycles. The van der Waals surface area contributed by atoms with Crippen LogP contribution < -0.4 is 5.73 Å². The summed E-state index contributed by atoms with van der Waals surface area (Å²) in [4.78, 5) is 0.997. The molecule has 0 radical (unpaired) electrons. The van der Waals surface area contributed by atoms with Crippen LogP contribution in [0.25, 0.3) is 10.1 Å². The third-order valence-corrected chi connectivity index (χ3v) is 3.61. The van der Waals surface area contributed by atoms with E-state index in [1.165, 1.54) is 17.4 Å². The minimum Gasteiger partial charge on any atom is -0.380 e. The maximum absolute atomic E-state index is 13.5. The van der Waals surface area contributed by atoms with Gasteiger partial charge in [0.2, 0.25) is 0 Å². The molecule has 15 heavy (non-hydrogen) atoms. The molecule has 2 rings (SSSR count). The van der Waals surface area contributed by atoms with Gasteiger partial charge in [-0.15, -0.1) is 11.3 Å². The zero-order valence-electron chi connectivity index (χ0n) is 8.42. The van der Waals surface area contributed by atoms with Gasteiger partial charge in [-0.3, -0.25) is 0 Å². The summed E-state index contributed by atoms with van der Waals surface area (Å²) < 4.78 is 19.3. The molecule has 0 aliphatic heterocycles. The highest BCUT2D eigenvalue weighted by atomic mass is 32.1. The maximum atomic E-state index is 13.5. The van der Waals surface area contributed by atoms with Gasteiger partial charge in [0, 0.05) is 29.5 Å². The van der Waals surface area contributed by atoms with Crippen molar-refractivity contribution in [3.05, 3.63) is 34.5 Å². The average Bonchev–Trinajstić information content (AvgIpc) is 2.59. The molecule has 0 aliphatic rings. The quantitative estimate of drug-likeness (QED) is 0.871. The minimum atomic E-state index is -0.186. The summed E-state index contributed by atoms with van der Waals surface area (Å²) >= 11 is 1.41. The first-order valence-electron chi connectivity index (χ1n) is 4.65. The van der Waals surface area contributed by atoms with Gasteiger partial charge in [0.15, 0.2) is 0 Å². The number of halogens is 1. The van der Waals surface area contributed by atoms with Gasteiger partial charge in [0.05, 0.1) is 11.3 Å². The third kappa shape index (κ3) is 1.76. The molecule has 0 saturated heterocycles. The molecule has 0 unspecified atom stereocenters. The van der Waals surface area contributed by atoms with E-state index >= 15 is 0 Å². The minimum absolute atomic E-state index is 0.186. The lowest BCUT2D eigenvalue weighted by atomic mass is 10.1. The smallest absolute Gasteiger partial charge is 0.141 e. The van der Waals surface area contributed by atoms with E-state index < -0.39 is 0 Å². The van der Waals surface area contributed by atoms with Crippen molar-refractivity contribution in [3.8, 4) is 0 Å². The van der Waals surface area contributed by atoms with Gasteiger partial charge in [-0.1, -0.05) is 12.1 Å². The summed E-state index contributed by atoms with van der Waals surface area (Å²) in [5.74, 6) is -0.186. The maximum Gasteiger partial charge on any atom is 0.141 e. The number of benzene rings is 1. The molecule has 0 atom stereocenters. The second kappa shape index (κ2) is 4.26. The lowest BCUT2D eigenvalue weighted by Gasteiger charge is -2.00. The Hall–Kier alpha value is -0.970. The molecule has 2 nitrogen and oxygen atoms in total. The fourth-order valence-electron chi connectivity index (χ4n) is 1.65. The number of methoxy groups -OCH3 is 1. The van der Waals surface area contributed by atoms with Gasteiger partial charge >= 0.3 is 0 Å². The van der Waals surface area contributed by atoms with Crippen LogP contribution in [-0.2, 0) is 17.9 Å². The van der Waals surface area contributed by atoms with Crippen LogP contribution in [0.5, 0.6) is 0 Å². The van der Waals surface area contributed by atoms with Crippen molar-refractivity contribution in [1.29, 1.82) is 0 Å². The van der Waals surface area contributed by atoms with Crippen LogP contribution in [0.1, 0.15) is 10.4 Å². The van der Waals surface area contributed by atoms with Crippen molar-refractivity contribution in [2.75, 3.05) is 7.11 Å². The standard InChI is InChI=1S/C11H12FNOS/c1-14-6-8-7-3-2-4-9(12)11(7)15-10(8)5-13/h2-4H,5-6,13H2,1H3. The molecule has 0 fully saturated rings. The summed E-state index contributed by atoms with van der Waals surface area (Å²) in [6.45, 7) is 0.910. The number of rotatable bonds is 3. The highest BCUT2D eigenvalue weighted by Gasteiger charge is 2.13. The molecule has 1 aromatic heterocycles. The van der Waals surface area contributed by atoms with E-state index in [2.05, 4.69) is 0 Å². The molecule has 0 saturated carbocycles. The highest BCUT2D eigenvalue weighted by molar-refractivity contribution is 7.19. The van der Waals surface area contributed by atoms with Crippen LogP contribution in [-0.4, -0.2) is 7.11 Å². The van der Waals surface area contributed by atoms with Crippen LogP contribution >= 0.6 is 11.3 Å². The number of thiophene rings is 1. The van der Waals surface area contributed by atoms with E-state index in [0.717, 1.165) is 15.8 Å². The topological polar surface area (TPSA) is 35.2 Å². The molecule has 80 valence electrons. The summed E-state index contributed by atoms with van der Waals surface area (Å²) in [5, 5.41) is 0.919. The zero-order valence-corrected chi connectivity index (χ0v) is 9.23. The summed E-state index contributed by atoms with van der Waals surface area (Å²) in [5.41, 5.74) is 6.64. The number of nitrogens with two attached hydrogens (primary N) is 1. The van der Waals surface area contributed by atoms with E-state index in [4.69, 9.17) is 10.5 Å². The fourth-order valence-corrected chi connectivity index (χ4v) is 2.74. The Kier molecular flexibility index (Phi) is 3.00. The Morgan fingerprint density at radius 2 is 2.27 bits per heavy atom. The molecule has 1 heterocycles. The first-order valence-corrected chi connectivity index (χ1v) is 5.47. The van der Waals surface area contributed by atoms with Gasteiger partial charge in [0.25, 0.3) is 0 Å². The van der Waals surface area contributed by atoms with Crippen molar-refractivity contribution in [2.45, 2.75) is 13.2 Å². The predicted molar refractivity (Wildman–Crippen MR) is 60.4 cm³/mol. The first kappa shape index (κ1) is 10.5. The molecule has 0 spiro atoms. The Morgan fingerprint density at radius 1 is 1.47 bits per heavy atom. The molecule has 0 amide bonds. The molecule has 4 heteroatoms. The van der Waals surface area contributed by atoms with E-state index in [1.807, 2.05) is 6.07 Å². The lowest BCUT2D eigenvalue weighted by molar-refractivity contribution is 0.185. The fraction of sp³-hybridized carbons (Fsp3) is 0.273. The van der Waals surface area contributed by atoms with Crippen molar-refractivity contribution in [3.63, 3.8) is 0 Å². The number of hydrogen-bond donors (Lipinski definition) is 1. The van der Waals surface area contributed by atoms with Crippen molar-refractivity contribution in [1.82, 2.24) is 0 Å². The average molecular weight is 225 g/mol. The Labute approximate surface area is 91.5 Å². The Balaban J connectivity index is 2.68. The van der Waals surface area contributed by atoms with Gasteiger partial charge in [-0.05, 0) is 6.07 Å². The van der Waals surface area contributed by atoms with Gasteiger partial charge in [-0.2, -0.15) is 0 Å². The van der Waals surface area contributed by atoms with Crippen LogP contribution in [0.2, 0.25) is 0 Å². The highest BCUT2D eigenvalue weighted by Crippen LogP contribution is 2.33. The molecule has 0 bridgehead atoms. The monoisotopic (exact) mass is 225 g/mol. The Morgan fingerprint density at radius 3 is 2.93 bits per heavy atom. The number of fused-ring (bicyclic) bond motifs is 1. The van der Waals surface area contributed by atoms with E-state index in [9.17, 15) is 4.39 Å². The predicted octanol–water partition coefficient (Wildman–Crippen LogP) is 2.65. The van der Waals surface area contributed by atoms with Gasteiger partial charge in [-0.25, -0.2) is 4.39 Å². The van der Waals surface area contributed by atoms with E-state index in [1.54, 1.807) is 13.2 Å². The molecule has 1 aromatic carbocycles. The number of ether oxygens (including phenoxy) is 1. The largest absolute Gasteiger partial charge is 0.380 e. The molecular weight excluding hydrogens is 213 g/mol. The summed E-state index contributed by atoms with van der Waals surface area (Å²) in [6, 6.07) is 5.09. The lowest BCUT2D eigenvalue weighted by Crippen LogP contribution is -1.98. The normalized spacial score (nSPS) is 11.1. The zero-order chi connectivity index (χ0) is 10.8. The van der Waals surface area contributed by atoms with Crippen molar-refractivity contribution in [2.24, 2.45) is 5.73 Å². The van der Waals surface area contributed by atoms with Crippen LogP contribution in [0.4, 0.5) is 4.39 Å². The van der Waals surface area contributed by atoms with Crippen molar-refractivity contribution < 1.29 is 9.13 Å². The van der Waals surface area contributed by atoms with E-state index in [0.29, 0.717) is 17.9 Å². The first-order chi connectivity index (χ1) is 7.27. The number of hydrogen-bond acceptors (Lipinski definition) is 3. The molecular formula is C11H12FNOS. The van der Waals surface area contributed by atoms with E-state index in [-0.39, 0.29) is 5.82 Å². The third-order valence-electron chi connectivity index (χ3n) is 2.33. The summed E-state index contributed by atoms with van der Waals surface area (Å²) in [6.07, 6.45) is 0. The van der Waals surface area contributed by atoms with Gasteiger partial charge < -0.3 is 10.5 Å². The molecule has 2 aromatic rings. The van der Waals surface area contributed by atoms with Crippen molar-refractivity contribution >= 4 is 21.4 Å². The SMILES string of the molecule is COCc1c(CN)sc2c(F)cccc12. The molecule has 2 N–H and O–H groups in total. The van der Waals surface area contributed by atoms with Gasteiger partial charge in [0.1, 0.15) is 5.82 Å². The van der Waals surface area contributed by atoms with Crippen LogP contribution in [0.3, 0.4) is 0 Å². The summed E-state index contributed by atoms with van der Waals surface area (Å²) in [7, 11) is 1.63. The van der Waals surface area contributed by atoms with Crippen LogP contribution in [0, 0.1) is 5.82 Å². The van der Waals surface area contributed by atoms with Crippen LogP contribution in [0.15, 0.2) is 18.2 Å². The second-order valence-electron chi connectivity index (χ2n) is 3.26.